The standard InChI is InChI=1S/C22H28FN5O.HI/c1-24-22(25-11-6-12-28(2)18-8-5-7-17(23)14-18)26-15-16-13-21(29)27-20-10-4-3-9-19(16)20;/h3-5,7-10,14,16H,6,11-13,15H2,1-2H3,(H,27,29)(H2,24,25,26);1H. The Morgan fingerprint density at radius 1 is 1.23 bits per heavy atom. The number of rotatable bonds is 7. The number of guanidine groups is 1. The molecule has 1 aliphatic heterocycles. The minimum absolute atomic E-state index is 0. The maximum atomic E-state index is 13.3. The van der Waals surface area contributed by atoms with Crippen LogP contribution in [-0.2, 0) is 4.79 Å². The van der Waals surface area contributed by atoms with Gasteiger partial charge < -0.3 is 20.9 Å². The molecule has 0 radical (unpaired) electrons. The minimum atomic E-state index is -0.227. The van der Waals surface area contributed by atoms with Crippen molar-refractivity contribution in [3.63, 3.8) is 0 Å². The Balaban J connectivity index is 0.00000320. The summed E-state index contributed by atoms with van der Waals surface area (Å²) in [6.07, 6.45) is 1.34. The van der Waals surface area contributed by atoms with Crippen molar-refractivity contribution in [1.29, 1.82) is 0 Å². The van der Waals surface area contributed by atoms with Gasteiger partial charge in [0.1, 0.15) is 5.82 Å². The lowest BCUT2D eigenvalue weighted by molar-refractivity contribution is -0.116. The number of nitrogens with zero attached hydrogens (tertiary/aromatic N) is 2. The zero-order valence-electron chi connectivity index (χ0n) is 17.3. The number of fused-ring (bicyclic) bond motifs is 1. The van der Waals surface area contributed by atoms with Gasteiger partial charge in [-0.1, -0.05) is 24.3 Å². The van der Waals surface area contributed by atoms with Gasteiger partial charge in [-0.05, 0) is 36.2 Å². The first-order valence-corrected chi connectivity index (χ1v) is 9.87. The molecule has 0 fully saturated rings. The number of amides is 1. The van der Waals surface area contributed by atoms with Gasteiger partial charge in [-0.2, -0.15) is 0 Å². The molecule has 6 nitrogen and oxygen atoms in total. The van der Waals surface area contributed by atoms with Gasteiger partial charge in [0.15, 0.2) is 5.96 Å². The average Bonchev–Trinajstić information content (AvgIpc) is 2.72. The first kappa shape index (κ1) is 23.9. The van der Waals surface area contributed by atoms with Gasteiger partial charge in [-0.3, -0.25) is 9.79 Å². The number of aliphatic imine (C=N–C) groups is 1. The minimum Gasteiger partial charge on any atom is -0.374 e. The topological polar surface area (TPSA) is 68.8 Å². The number of halogens is 2. The van der Waals surface area contributed by atoms with Gasteiger partial charge in [0, 0.05) is 57.4 Å². The van der Waals surface area contributed by atoms with Crippen molar-refractivity contribution in [3.8, 4) is 0 Å². The number of carbonyl (C=O) groups excluding carboxylic acids is 1. The van der Waals surface area contributed by atoms with Crippen LogP contribution in [0.25, 0.3) is 0 Å². The molecule has 0 bridgehead atoms. The van der Waals surface area contributed by atoms with Crippen LogP contribution in [0.15, 0.2) is 53.5 Å². The summed E-state index contributed by atoms with van der Waals surface area (Å²) < 4.78 is 13.3. The molecule has 1 unspecified atom stereocenters. The van der Waals surface area contributed by atoms with Crippen molar-refractivity contribution in [3.05, 3.63) is 59.9 Å². The predicted octanol–water partition coefficient (Wildman–Crippen LogP) is 3.56. The Morgan fingerprint density at radius 2 is 2.03 bits per heavy atom. The fraction of sp³-hybridized carbons (Fsp3) is 0.364. The molecule has 3 rings (SSSR count). The van der Waals surface area contributed by atoms with Crippen LogP contribution in [0.4, 0.5) is 15.8 Å². The monoisotopic (exact) mass is 525 g/mol. The highest BCUT2D eigenvalue weighted by molar-refractivity contribution is 14.0. The Labute approximate surface area is 194 Å². The van der Waals surface area contributed by atoms with E-state index >= 15 is 0 Å². The summed E-state index contributed by atoms with van der Waals surface area (Å²) in [7, 11) is 3.68. The van der Waals surface area contributed by atoms with Crippen molar-refractivity contribution in [2.24, 2.45) is 4.99 Å². The van der Waals surface area contributed by atoms with Gasteiger partial charge in [0.25, 0.3) is 0 Å². The third kappa shape index (κ3) is 6.58. The zero-order chi connectivity index (χ0) is 20.6. The van der Waals surface area contributed by atoms with E-state index in [0.717, 1.165) is 36.4 Å². The van der Waals surface area contributed by atoms with Crippen LogP contribution in [0.2, 0.25) is 0 Å². The van der Waals surface area contributed by atoms with Crippen LogP contribution in [0.3, 0.4) is 0 Å². The second kappa shape index (κ2) is 11.7. The van der Waals surface area contributed by atoms with Gasteiger partial charge in [0.2, 0.25) is 5.91 Å². The summed E-state index contributed by atoms with van der Waals surface area (Å²) in [5.41, 5.74) is 2.90. The van der Waals surface area contributed by atoms with Crippen molar-refractivity contribution in [1.82, 2.24) is 10.6 Å². The normalized spacial score (nSPS) is 15.5. The highest BCUT2D eigenvalue weighted by Gasteiger charge is 2.24. The van der Waals surface area contributed by atoms with Gasteiger partial charge >= 0.3 is 0 Å². The van der Waals surface area contributed by atoms with Crippen molar-refractivity contribution in [2.45, 2.75) is 18.8 Å². The van der Waals surface area contributed by atoms with Crippen LogP contribution in [0.1, 0.15) is 24.3 Å². The lowest BCUT2D eigenvalue weighted by atomic mass is 9.90. The first-order valence-electron chi connectivity index (χ1n) is 9.87. The summed E-state index contributed by atoms with van der Waals surface area (Å²) >= 11 is 0. The summed E-state index contributed by atoms with van der Waals surface area (Å²) in [6.45, 7) is 2.16. The molecule has 3 N–H and O–H groups in total. The molecule has 0 aromatic heterocycles. The molecular weight excluding hydrogens is 496 g/mol. The number of benzene rings is 2. The molecule has 1 atom stereocenters. The van der Waals surface area contributed by atoms with E-state index < -0.39 is 0 Å². The summed E-state index contributed by atoms with van der Waals surface area (Å²) in [4.78, 5) is 18.2. The number of nitrogens with one attached hydrogen (secondary N) is 3. The molecule has 0 aliphatic carbocycles. The van der Waals surface area contributed by atoms with Crippen molar-refractivity contribution >= 4 is 47.2 Å². The number of hydrogen-bond acceptors (Lipinski definition) is 3. The van der Waals surface area contributed by atoms with E-state index in [9.17, 15) is 9.18 Å². The largest absolute Gasteiger partial charge is 0.374 e. The van der Waals surface area contributed by atoms with Crippen LogP contribution in [0.5, 0.6) is 0 Å². The zero-order valence-corrected chi connectivity index (χ0v) is 19.7. The predicted molar refractivity (Wildman–Crippen MR) is 131 cm³/mol. The molecular formula is C22H29FIN5O. The number of para-hydroxylation sites is 1. The Kier molecular flexibility index (Phi) is 9.35. The molecule has 1 heterocycles. The van der Waals surface area contributed by atoms with Crippen LogP contribution in [-0.4, -0.2) is 45.6 Å². The molecule has 0 saturated carbocycles. The fourth-order valence-electron chi connectivity index (χ4n) is 3.49. The highest BCUT2D eigenvalue weighted by Crippen LogP contribution is 2.31. The van der Waals surface area contributed by atoms with Gasteiger partial charge in [0.05, 0.1) is 0 Å². The van der Waals surface area contributed by atoms with Crippen molar-refractivity contribution < 1.29 is 9.18 Å². The second-order valence-electron chi connectivity index (χ2n) is 7.17. The highest BCUT2D eigenvalue weighted by atomic mass is 127. The molecule has 2 aromatic rings. The third-order valence-electron chi connectivity index (χ3n) is 5.06. The maximum Gasteiger partial charge on any atom is 0.225 e. The van der Waals surface area contributed by atoms with E-state index in [1.807, 2.05) is 36.2 Å². The quantitative estimate of drug-likeness (QED) is 0.224. The third-order valence-corrected chi connectivity index (χ3v) is 5.06. The van der Waals surface area contributed by atoms with Crippen LogP contribution in [0, 0.1) is 5.82 Å². The molecule has 162 valence electrons. The Morgan fingerprint density at radius 3 is 2.80 bits per heavy atom. The van der Waals surface area contributed by atoms with Crippen LogP contribution >= 0.6 is 24.0 Å². The van der Waals surface area contributed by atoms with E-state index in [-0.39, 0.29) is 41.6 Å². The van der Waals surface area contributed by atoms with E-state index in [1.54, 1.807) is 13.1 Å². The fourth-order valence-corrected chi connectivity index (χ4v) is 3.49. The summed E-state index contributed by atoms with van der Waals surface area (Å²) in [5.74, 6) is 0.633. The van der Waals surface area contributed by atoms with Gasteiger partial charge in [-0.15, -0.1) is 24.0 Å². The molecule has 0 saturated heterocycles. The second-order valence-corrected chi connectivity index (χ2v) is 7.17. The number of hydrogen-bond donors (Lipinski definition) is 3. The molecule has 2 aromatic carbocycles. The molecule has 1 amide bonds. The summed E-state index contributed by atoms with van der Waals surface area (Å²) in [5, 5.41) is 9.54. The van der Waals surface area contributed by atoms with Crippen LogP contribution < -0.4 is 20.9 Å². The first-order chi connectivity index (χ1) is 14.1. The number of carbonyl (C=O) groups is 1. The lowest BCUT2D eigenvalue weighted by Gasteiger charge is -2.26. The van der Waals surface area contributed by atoms with E-state index in [2.05, 4.69) is 27.0 Å². The molecule has 8 heteroatoms. The SMILES string of the molecule is CN=C(NCCCN(C)c1cccc(F)c1)NCC1CC(=O)Nc2ccccc21.I. The average molecular weight is 525 g/mol. The smallest absolute Gasteiger partial charge is 0.225 e. The molecule has 1 aliphatic rings. The Hall–Kier alpha value is -2.36. The van der Waals surface area contributed by atoms with E-state index in [4.69, 9.17) is 0 Å². The van der Waals surface area contributed by atoms with Crippen molar-refractivity contribution in [2.75, 3.05) is 43.9 Å². The maximum absolute atomic E-state index is 13.3. The van der Waals surface area contributed by atoms with E-state index in [1.165, 1.54) is 12.1 Å². The lowest BCUT2D eigenvalue weighted by Crippen LogP contribution is -2.41. The van der Waals surface area contributed by atoms with Gasteiger partial charge in [-0.25, -0.2) is 4.39 Å². The molecule has 30 heavy (non-hydrogen) atoms. The summed E-state index contributed by atoms with van der Waals surface area (Å²) in [6, 6.07) is 14.5. The Bertz CT molecular complexity index is 876. The molecule has 0 spiro atoms. The number of anilines is 2. The van der Waals surface area contributed by atoms with E-state index in [0.29, 0.717) is 18.9 Å².